The third-order valence-electron chi connectivity index (χ3n) is 4.34. The largest absolute Gasteiger partial charge is 0.314 e. The Labute approximate surface area is 142 Å². The Morgan fingerprint density at radius 3 is 2.67 bits per heavy atom. The third kappa shape index (κ3) is 4.01. The van der Waals surface area contributed by atoms with Crippen molar-refractivity contribution in [2.45, 2.75) is 10.9 Å². The average Bonchev–Trinajstić information content (AvgIpc) is 2.61. The van der Waals surface area contributed by atoms with Crippen LogP contribution in [0, 0.1) is 5.82 Å². The zero-order valence-electron chi connectivity index (χ0n) is 13.4. The number of halogens is 1. The van der Waals surface area contributed by atoms with Crippen LogP contribution in [0.3, 0.4) is 0 Å². The topological polar surface area (TPSA) is 49.4 Å². The molecule has 1 unspecified atom stereocenters. The van der Waals surface area contributed by atoms with E-state index >= 15 is 0 Å². The van der Waals surface area contributed by atoms with Gasteiger partial charge in [0.25, 0.3) is 0 Å². The highest BCUT2D eigenvalue weighted by Gasteiger charge is 2.25. The molecule has 0 spiro atoms. The van der Waals surface area contributed by atoms with E-state index in [0.717, 1.165) is 18.7 Å². The Morgan fingerprint density at radius 2 is 1.92 bits per heavy atom. The van der Waals surface area contributed by atoms with Crippen LogP contribution in [-0.4, -0.2) is 45.2 Å². The number of sulfone groups is 1. The van der Waals surface area contributed by atoms with Gasteiger partial charge in [-0.05, 0) is 29.8 Å². The van der Waals surface area contributed by atoms with Crippen molar-refractivity contribution in [3.05, 3.63) is 66.0 Å². The van der Waals surface area contributed by atoms with Crippen molar-refractivity contribution in [2.24, 2.45) is 0 Å². The molecule has 4 nitrogen and oxygen atoms in total. The predicted octanol–water partition coefficient (Wildman–Crippen LogP) is 2.25. The van der Waals surface area contributed by atoms with Gasteiger partial charge in [0.05, 0.1) is 10.6 Å². The molecule has 24 heavy (non-hydrogen) atoms. The summed E-state index contributed by atoms with van der Waals surface area (Å²) in [5.74, 6) is -0.210. The Morgan fingerprint density at radius 1 is 1.12 bits per heavy atom. The molecule has 6 heteroatoms. The number of nitrogens with one attached hydrogen (secondary N) is 1. The zero-order valence-corrected chi connectivity index (χ0v) is 14.2. The van der Waals surface area contributed by atoms with Crippen molar-refractivity contribution in [1.82, 2.24) is 10.2 Å². The molecule has 128 valence electrons. The number of rotatable bonds is 5. The SMILES string of the molecule is O=S(=O)(CCN1CCNCC1c1cccc(F)c1)c1ccccc1. The average molecular weight is 348 g/mol. The van der Waals surface area contributed by atoms with Crippen LogP contribution in [0.5, 0.6) is 0 Å². The quantitative estimate of drug-likeness (QED) is 0.900. The molecule has 1 N–H and O–H groups in total. The van der Waals surface area contributed by atoms with Crippen LogP contribution in [0.2, 0.25) is 0 Å². The summed E-state index contributed by atoms with van der Waals surface area (Å²) < 4.78 is 38.5. The smallest absolute Gasteiger partial charge is 0.179 e. The molecule has 1 fully saturated rings. The van der Waals surface area contributed by atoms with E-state index in [1.807, 2.05) is 6.07 Å². The molecule has 2 aromatic carbocycles. The molecule has 0 saturated carbocycles. The maximum atomic E-state index is 13.5. The lowest BCUT2D eigenvalue weighted by atomic mass is 10.0. The minimum atomic E-state index is -3.31. The van der Waals surface area contributed by atoms with E-state index < -0.39 is 9.84 Å². The summed E-state index contributed by atoms with van der Waals surface area (Å²) in [6.45, 7) is 2.66. The van der Waals surface area contributed by atoms with Crippen LogP contribution >= 0.6 is 0 Å². The molecule has 0 bridgehead atoms. The number of hydrogen-bond acceptors (Lipinski definition) is 4. The predicted molar refractivity (Wildman–Crippen MR) is 92.1 cm³/mol. The molecule has 1 heterocycles. The van der Waals surface area contributed by atoms with Crippen molar-refractivity contribution in [1.29, 1.82) is 0 Å². The van der Waals surface area contributed by atoms with E-state index in [4.69, 9.17) is 0 Å². The maximum absolute atomic E-state index is 13.5. The van der Waals surface area contributed by atoms with E-state index in [0.29, 0.717) is 18.0 Å². The molecule has 0 amide bonds. The molecular weight excluding hydrogens is 327 g/mol. The first-order chi connectivity index (χ1) is 11.6. The first-order valence-electron chi connectivity index (χ1n) is 8.04. The van der Waals surface area contributed by atoms with Gasteiger partial charge < -0.3 is 5.32 Å². The molecule has 0 aliphatic carbocycles. The Bertz CT molecular complexity index is 781. The van der Waals surface area contributed by atoms with Gasteiger partial charge in [-0.25, -0.2) is 12.8 Å². The van der Waals surface area contributed by atoms with Gasteiger partial charge in [0.15, 0.2) is 9.84 Å². The summed E-state index contributed by atoms with van der Waals surface area (Å²) in [4.78, 5) is 2.47. The van der Waals surface area contributed by atoms with Crippen LogP contribution in [0.4, 0.5) is 4.39 Å². The van der Waals surface area contributed by atoms with E-state index in [1.165, 1.54) is 12.1 Å². The summed E-state index contributed by atoms with van der Waals surface area (Å²) in [6, 6.07) is 15.0. The Balaban J connectivity index is 1.73. The zero-order chi connectivity index (χ0) is 17.0. The van der Waals surface area contributed by atoms with Crippen molar-refractivity contribution in [3.8, 4) is 0 Å². The second kappa shape index (κ2) is 7.42. The van der Waals surface area contributed by atoms with Crippen molar-refractivity contribution < 1.29 is 12.8 Å². The van der Waals surface area contributed by atoms with Crippen LogP contribution < -0.4 is 5.32 Å². The lowest BCUT2D eigenvalue weighted by Gasteiger charge is -2.36. The number of benzene rings is 2. The molecule has 2 aromatic rings. The van der Waals surface area contributed by atoms with Gasteiger partial charge in [-0.2, -0.15) is 0 Å². The molecule has 0 radical (unpaired) electrons. The summed E-state index contributed by atoms with van der Waals surface area (Å²) >= 11 is 0. The fourth-order valence-electron chi connectivity index (χ4n) is 3.04. The van der Waals surface area contributed by atoms with Gasteiger partial charge in [0.1, 0.15) is 5.82 Å². The first kappa shape index (κ1) is 17.1. The minimum Gasteiger partial charge on any atom is -0.314 e. The van der Waals surface area contributed by atoms with Crippen molar-refractivity contribution in [2.75, 3.05) is 31.9 Å². The normalized spacial score (nSPS) is 19.3. The van der Waals surface area contributed by atoms with Crippen LogP contribution in [-0.2, 0) is 9.84 Å². The Hall–Kier alpha value is -1.76. The lowest BCUT2D eigenvalue weighted by Crippen LogP contribution is -2.47. The van der Waals surface area contributed by atoms with Gasteiger partial charge in [0, 0.05) is 32.2 Å². The summed E-state index contributed by atoms with van der Waals surface area (Å²) in [5.41, 5.74) is 0.874. The highest BCUT2D eigenvalue weighted by atomic mass is 32.2. The fourth-order valence-corrected chi connectivity index (χ4v) is 4.32. The molecule has 3 rings (SSSR count). The van der Waals surface area contributed by atoms with Crippen molar-refractivity contribution >= 4 is 9.84 Å². The van der Waals surface area contributed by atoms with Crippen LogP contribution in [0.1, 0.15) is 11.6 Å². The van der Waals surface area contributed by atoms with E-state index in [-0.39, 0.29) is 17.6 Å². The number of hydrogen-bond donors (Lipinski definition) is 1. The highest BCUT2D eigenvalue weighted by Crippen LogP contribution is 2.23. The summed E-state index contributed by atoms with van der Waals surface area (Å²) in [5, 5.41) is 3.30. The molecule has 1 aliphatic rings. The molecule has 1 saturated heterocycles. The van der Waals surface area contributed by atoms with Crippen LogP contribution in [0.25, 0.3) is 0 Å². The second-order valence-corrected chi connectivity index (χ2v) is 8.05. The summed E-state index contributed by atoms with van der Waals surface area (Å²) in [7, 11) is -3.31. The van der Waals surface area contributed by atoms with Gasteiger partial charge in [-0.3, -0.25) is 4.90 Å². The van der Waals surface area contributed by atoms with E-state index in [9.17, 15) is 12.8 Å². The van der Waals surface area contributed by atoms with E-state index in [2.05, 4.69) is 10.2 Å². The van der Waals surface area contributed by atoms with Gasteiger partial charge >= 0.3 is 0 Å². The molecular formula is C18H21FN2O2S. The lowest BCUT2D eigenvalue weighted by molar-refractivity contribution is 0.171. The monoisotopic (exact) mass is 348 g/mol. The molecule has 1 aliphatic heterocycles. The van der Waals surface area contributed by atoms with Crippen LogP contribution in [0.15, 0.2) is 59.5 Å². The fraction of sp³-hybridized carbons (Fsp3) is 0.333. The van der Waals surface area contributed by atoms with E-state index in [1.54, 1.807) is 36.4 Å². The first-order valence-corrected chi connectivity index (χ1v) is 9.69. The highest BCUT2D eigenvalue weighted by molar-refractivity contribution is 7.91. The maximum Gasteiger partial charge on any atom is 0.179 e. The minimum absolute atomic E-state index is 0.0135. The Kier molecular flexibility index (Phi) is 5.28. The molecule has 1 atom stereocenters. The van der Waals surface area contributed by atoms with Gasteiger partial charge in [0.2, 0.25) is 0 Å². The number of piperazine rings is 1. The summed E-state index contributed by atoms with van der Waals surface area (Å²) in [6.07, 6.45) is 0. The second-order valence-electron chi connectivity index (χ2n) is 5.94. The number of nitrogens with zero attached hydrogens (tertiary/aromatic N) is 1. The van der Waals surface area contributed by atoms with Crippen molar-refractivity contribution in [3.63, 3.8) is 0 Å². The van der Waals surface area contributed by atoms with Gasteiger partial charge in [-0.15, -0.1) is 0 Å². The molecule has 0 aromatic heterocycles. The standard InChI is InChI=1S/C18H21FN2O2S/c19-16-6-4-5-15(13-16)18-14-20-9-10-21(18)11-12-24(22,23)17-7-2-1-3-8-17/h1-8,13,18,20H,9-12,14H2. The third-order valence-corrected chi connectivity index (χ3v) is 6.05. The van der Waals surface area contributed by atoms with Gasteiger partial charge in [-0.1, -0.05) is 30.3 Å².